The third-order valence-electron chi connectivity index (χ3n) is 3.09. The van der Waals surface area contributed by atoms with Gasteiger partial charge in [-0.05, 0) is 31.0 Å². The number of nitrogens with one attached hydrogen (secondary N) is 1. The first kappa shape index (κ1) is 12.0. The number of hydrogen-bond donors (Lipinski definition) is 1. The van der Waals surface area contributed by atoms with Crippen molar-refractivity contribution in [3.05, 3.63) is 35.1 Å². The van der Waals surface area contributed by atoms with Gasteiger partial charge in [-0.3, -0.25) is 0 Å². The number of benzene rings is 1. The normalized spacial score (nSPS) is 23.6. The molecule has 1 heterocycles. The number of halogens is 1. The van der Waals surface area contributed by atoms with E-state index in [1.54, 1.807) is 12.1 Å². The topological polar surface area (TPSA) is 45.0 Å². The van der Waals surface area contributed by atoms with Crippen molar-refractivity contribution < 1.29 is 9.13 Å². The summed E-state index contributed by atoms with van der Waals surface area (Å²) in [5, 5.41) is 12.1. The number of nitriles is 1. The van der Waals surface area contributed by atoms with E-state index in [0.717, 1.165) is 18.6 Å². The van der Waals surface area contributed by atoms with Crippen molar-refractivity contribution in [3.63, 3.8) is 0 Å². The minimum absolute atomic E-state index is 0.0127. The van der Waals surface area contributed by atoms with Crippen LogP contribution in [0, 0.1) is 17.1 Å². The Kier molecular flexibility index (Phi) is 3.41. The van der Waals surface area contributed by atoms with Gasteiger partial charge in [0.25, 0.3) is 0 Å². The van der Waals surface area contributed by atoms with Crippen molar-refractivity contribution in [1.29, 1.82) is 5.26 Å². The summed E-state index contributed by atoms with van der Waals surface area (Å²) < 4.78 is 18.5. The lowest BCUT2D eigenvalue weighted by Crippen LogP contribution is -2.42. The van der Waals surface area contributed by atoms with E-state index in [0.29, 0.717) is 13.2 Å². The minimum Gasteiger partial charge on any atom is -0.379 e. The second-order valence-corrected chi connectivity index (χ2v) is 4.64. The summed E-state index contributed by atoms with van der Waals surface area (Å²) in [6.07, 6.45) is 0.972. The predicted octanol–water partition coefficient (Wildman–Crippen LogP) is 1.97. The lowest BCUT2D eigenvalue weighted by Gasteiger charge is -2.23. The summed E-state index contributed by atoms with van der Waals surface area (Å²) in [6.45, 7) is 4.19. The zero-order chi connectivity index (χ0) is 12.3. The summed E-state index contributed by atoms with van der Waals surface area (Å²) in [4.78, 5) is 0. The first-order chi connectivity index (χ1) is 8.13. The maximum absolute atomic E-state index is 13.1. The number of rotatable bonds is 3. The molecule has 1 atom stereocenters. The highest BCUT2D eigenvalue weighted by molar-refractivity contribution is 5.34. The van der Waals surface area contributed by atoms with E-state index >= 15 is 0 Å². The molecule has 4 heteroatoms. The second-order valence-electron chi connectivity index (χ2n) is 4.64. The fourth-order valence-electron chi connectivity index (χ4n) is 1.89. The van der Waals surface area contributed by atoms with Crippen LogP contribution in [0.3, 0.4) is 0 Å². The smallest absolute Gasteiger partial charge is 0.140 e. The molecule has 1 aromatic carbocycles. The molecule has 0 radical (unpaired) electrons. The summed E-state index contributed by atoms with van der Waals surface area (Å²) in [5.41, 5.74) is 0.995. The van der Waals surface area contributed by atoms with Gasteiger partial charge in [0.2, 0.25) is 0 Å². The molecule has 1 saturated heterocycles. The van der Waals surface area contributed by atoms with Crippen LogP contribution in [0.2, 0.25) is 0 Å². The van der Waals surface area contributed by atoms with Gasteiger partial charge in [0, 0.05) is 18.7 Å². The summed E-state index contributed by atoms with van der Waals surface area (Å²) in [5.74, 6) is -0.466. The predicted molar refractivity (Wildman–Crippen MR) is 61.8 cm³/mol. The summed E-state index contributed by atoms with van der Waals surface area (Å²) >= 11 is 0. The molecule has 1 unspecified atom stereocenters. The molecule has 1 N–H and O–H groups in total. The average molecular weight is 234 g/mol. The zero-order valence-corrected chi connectivity index (χ0v) is 9.79. The van der Waals surface area contributed by atoms with E-state index < -0.39 is 5.82 Å². The van der Waals surface area contributed by atoms with Crippen LogP contribution in [0.4, 0.5) is 4.39 Å². The SMILES string of the molecule is CC1(NCc2ccc(F)c(C#N)c2)CCOC1. The summed E-state index contributed by atoms with van der Waals surface area (Å²) in [6, 6.07) is 6.46. The van der Waals surface area contributed by atoms with Gasteiger partial charge in [-0.25, -0.2) is 4.39 Å². The van der Waals surface area contributed by atoms with Crippen LogP contribution in [0.25, 0.3) is 0 Å². The highest BCUT2D eigenvalue weighted by Gasteiger charge is 2.28. The molecule has 90 valence electrons. The van der Waals surface area contributed by atoms with Crippen LogP contribution in [0.1, 0.15) is 24.5 Å². The van der Waals surface area contributed by atoms with E-state index in [4.69, 9.17) is 10.00 Å². The largest absolute Gasteiger partial charge is 0.379 e. The van der Waals surface area contributed by atoms with Crippen LogP contribution in [0.5, 0.6) is 0 Å². The Bertz CT molecular complexity index is 447. The highest BCUT2D eigenvalue weighted by Crippen LogP contribution is 2.18. The van der Waals surface area contributed by atoms with Gasteiger partial charge < -0.3 is 10.1 Å². The Morgan fingerprint density at radius 2 is 2.41 bits per heavy atom. The van der Waals surface area contributed by atoms with E-state index in [9.17, 15) is 4.39 Å². The van der Waals surface area contributed by atoms with Gasteiger partial charge in [0.1, 0.15) is 11.9 Å². The zero-order valence-electron chi connectivity index (χ0n) is 9.79. The van der Waals surface area contributed by atoms with Crippen molar-refractivity contribution in [3.8, 4) is 6.07 Å². The Morgan fingerprint density at radius 3 is 3.06 bits per heavy atom. The van der Waals surface area contributed by atoms with E-state index in [2.05, 4.69) is 12.2 Å². The third-order valence-corrected chi connectivity index (χ3v) is 3.09. The quantitative estimate of drug-likeness (QED) is 0.869. The number of ether oxygens (including phenoxy) is 1. The van der Waals surface area contributed by atoms with Gasteiger partial charge in [0.05, 0.1) is 12.2 Å². The van der Waals surface area contributed by atoms with Gasteiger partial charge in [-0.1, -0.05) is 6.07 Å². The molecule has 2 rings (SSSR count). The molecule has 0 spiro atoms. The first-order valence-corrected chi connectivity index (χ1v) is 5.64. The Labute approximate surface area is 100 Å². The van der Waals surface area contributed by atoms with Gasteiger partial charge in [0.15, 0.2) is 0 Å². The van der Waals surface area contributed by atoms with Crippen molar-refractivity contribution >= 4 is 0 Å². The van der Waals surface area contributed by atoms with E-state index in [-0.39, 0.29) is 11.1 Å². The lowest BCUT2D eigenvalue weighted by molar-refractivity contribution is 0.171. The molecule has 1 fully saturated rings. The maximum Gasteiger partial charge on any atom is 0.140 e. The van der Waals surface area contributed by atoms with Crippen LogP contribution < -0.4 is 5.32 Å². The van der Waals surface area contributed by atoms with Crippen LogP contribution >= 0.6 is 0 Å². The Hall–Kier alpha value is -1.44. The first-order valence-electron chi connectivity index (χ1n) is 5.64. The molecule has 17 heavy (non-hydrogen) atoms. The van der Waals surface area contributed by atoms with Crippen molar-refractivity contribution in [1.82, 2.24) is 5.32 Å². The molecular weight excluding hydrogens is 219 g/mol. The van der Waals surface area contributed by atoms with Gasteiger partial charge >= 0.3 is 0 Å². The maximum atomic E-state index is 13.1. The van der Waals surface area contributed by atoms with Crippen molar-refractivity contribution in [2.45, 2.75) is 25.4 Å². The second kappa shape index (κ2) is 4.82. The molecule has 0 amide bonds. The van der Waals surface area contributed by atoms with E-state index in [1.807, 2.05) is 6.07 Å². The molecule has 0 bridgehead atoms. The van der Waals surface area contributed by atoms with Gasteiger partial charge in [-0.15, -0.1) is 0 Å². The molecule has 1 aliphatic rings. The molecule has 0 aliphatic carbocycles. The fourth-order valence-corrected chi connectivity index (χ4v) is 1.89. The molecule has 0 aromatic heterocycles. The number of hydrogen-bond acceptors (Lipinski definition) is 3. The lowest BCUT2D eigenvalue weighted by atomic mass is 10.0. The molecule has 1 aliphatic heterocycles. The van der Waals surface area contributed by atoms with E-state index in [1.165, 1.54) is 6.07 Å². The minimum atomic E-state index is -0.466. The fraction of sp³-hybridized carbons (Fsp3) is 0.462. The van der Waals surface area contributed by atoms with Gasteiger partial charge in [-0.2, -0.15) is 5.26 Å². The highest BCUT2D eigenvalue weighted by atomic mass is 19.1. The molecular formula is C13H15FN2O. The number of nitrogens with zero attached hydrogens (tertiary/aromatic N) is 1. The van der Waals surface area contributed by atoms with Crippen molar-refractivity contribution in [2.75, 3.05) is 13.2 Å². The monoisotopic (exact) mass is 234 g/mol. The van der Waals surface area contributed by atoms with Crippen LogP contribution in [-0.2, 0) is 11.3 Å². The average Bonchev–Trinajstić information content (AvgIpc) is 2.76. The summed E-state index contributed by atoms with van der Waals surface area (Å²) in [7, 11) is 0. The molecule has 3 nitrogen and oxygen atoms in total. The van der Waals surface area contributed by atoms with Crippen LogP contribution in [0.15, 0.2) is 18.2 Å². The Morgan fingerprint density at radius 1 is 1.59 bits per heavy atom. The molecule has 1 aromatic rings. The Balaban J connectivity index is 2.02. The standard InChI is InChI=1S/C13H15FN2O/c1-13(4-5-17-9-13)16-8-10-2-3-12(14)11(6-10)7-15/h2-3,6,16H,4-5,8-9H2,1H3. The third kappa shape index (κ3) is 2.82. The molecule has 0 saturated carbocycles. The van der Waals surface area contributed by atoms with Crippen molar-refractivity contribution in [2.24, 2.45) is 0 Å². The van der Waals surface area contributed by atoms with Crippen LogP contribution in [-0.4, -0.2) is 18.8 Å².